The summed E-state index contributed by atoms with van der Waals surface area (Å²) < 4.78 is 5.85. The van der Waals surface area contributed by atoms with Gasteiger partial charge in [0.05, 0.1) is 5.56 Å². The highest BCUT2D eigenvalue weighted by molar-refractivity contribution is 5.92. The predicted octanol–water partition coefficient (Wildman–Crippen LogP) is 3.61. The van der Waals surface area contributed by atoms with Gasteiger partial charge in [-0.15, -0.1) is 0 Å². The number of benzene rings is 1. The maximum Gasteiger partial charge on any atom is 0.250 e. The van der Waals surface area contributed by atoms with Crippen LogP contribution in [0.25, 0.3) is 0 Å². The SMILES string of the molecule is NC(=O)c1ccc(Oc2ccc3c(c2)CC(NCC2CCCCC2)C3)nc1. The molecule has 1 saturated carbocycles. The van der Waals surface area contributed by atoms with Crippen LogP contribution in [0, 0.1) is 5.92 Å². The topological polar surface area (TPSA) is 77.2 Å². The van der Waals surface area contributed by atoms with E-state index < -0.39 is 5.91 Å². The van der Waals surface area contributed by atoms with Crippen LogP contribution in [-0.2, 0) is 12.8 Å². The molecule has 1 aromatic heterocycles. The zero-order chi connectivity index (χ0) is 18.6. The molecule has 27 heavy (non-hydrogen) atoms. The quantitative estimate of drug-likeness (QED) is 0.820. The molecule has 1 atom stereocenters. The van der Waals surface area contributed by atoms with E-state index in [1.165, 1.54) is 49.4 Å². The number of aromatic nitrogens is 1. The van der Waals surface area contributed by atoms with Crippen molar-refractivity contribution in [1.29, 1.82) is 0 Å². The van der Waals surface area contributed by atoms with Crippen molar-refractivity contribution in [2.45, 2.75) is 51.0 Å². The highest BCUT2D eigenvalue weighted by Crippen LogP contribution is 2.29. The summed E-state index contributed by atoms with van der Waals surface area (Å²) in [5.74, 6) is 1.61. The first-order valence-corrected chi connectivity index (χ1v) is 9.96. The summed E-state index contributed by atoms with van der Waals surface area (Å²) in [4.78, 5) is 15.3. The highest BCUT2D eigenvalue weighted by atomic mass is 16.5. The number of nitrogens with one attached hydrogen (secondary N) is 1. The van der Waals surface area contributed by atoms with Crippen molar-refractivity contribution in [2.24, 2.45) is 11.7 Å². The largest absolute Gasteiger partial charge is 0.439 e. The fraction of sp³-hybridized carbons (Fsp3) is 0.455. The van der Waals surface area contributed by atoms with E-state index in [9.17, 15) is 4.79 Å². The van der Waals surface area contributed by atoms with Gasteiger partial charge in [-0.2, -0.15) is 0 Å². The van der Waals surface area contributed by atoms with Crippen molar-refractivity contribution < 1.29 is 9.53 Å². The van der Waals surface area contributed by atoms with E-state index in [4.69, 9.17) is 10.5 Å². The molecule has 1 unspecified atom stereocenters. The van der Waals surface area contributed by atoms with Crippen LogP contribution in [0.3, 0.4) is 0 Å². The number of rotatable bonds is 6. The maximum atomic E-state index is 11.1. The maximum absolute atomic E-state index is 11.1. The molecule has 3 N–H and O–H groups in total. The summed E-state index contributed by atoms with van der Waals surface area (Å²) in [7, 11) is 0. The van der Waals surface area contributed by atoms with Crippen LogP contribution in [0.4, 0.5) is 0 Å². The van der Waals surface area contributed by atoms with Gasteiger partial charge >= 0.3 is 0 Å². The van der Waals surface area contributed by atoms with Gasteiger partial charge in [0.15, 0.2) is 0 Å². The van der Waals surface area contributed by atoms with E-state index in [-0.39, 0.29) is 0 Å². The second kappa shape index (κ2) is 8.09. The predicted molar refractivity (Wildman–Crippen MR) is 105 cm³/mol. The van der Waals surface area contributed by atoms with Crippen molar-refractivity contribution in [3.05, 3.63) is 53.2 Å². The minimum Gasteiger partial charge on any atom is -0.439 e. The van der Waals surface area contributed by atoms with Crippen LogP contribution in [0.15, 0.2) is 36.5 Å². The molecule has 0 spiro atoms. The monoisotopic (exact) mass is 365 g/mol. The van der Waals surface area contributed by atoms with Crippen molar-refractivity contribution >= 4 is 5.91 Å². The number of carbonyl (C=O) groups excluding carboxylic acids is 1. The van der Waals surface area contributed by atoms with E-state index in [2.05, 4.69) is 22.4 Å². The van der Waals surface area contributed by atoms with Gasteiger partial charge in [0, 0.05) is 18.3 Å². The number of nitrogens with two attached hydrogens (primary N) is 1. The first-order chi connectivity index (χ1) is 13.2. The van der Waals surface area contributed by atoms with Gasteiger partial charge in [0.25, 0.3) is 0 Å². The molecule has 1 amide bonds. The van der Waals surface area contributed by atoms with Crippen molar-refractivity contribution in [3.63, 3.8) is 0 Å². The lowest BCUT2D eigenvalue weighted by Gasteiger charge is -2.23. The van der Waals surface area contributed by atoms with Gasteiger partial charge in [0.1, 0.15) is 5.75 Å². The number of primary amides is 1. The average Bonchev–Trinajstić information content (AvgIpc) is 3.10. The molecule has 142 valence electrons. The lowest BCUT2D eigenvalue weighted by molar-refractivity contribution is 0.1000. The summed E-state index contributed by atoms with van der Waals surface area (Å²) >= 11 is 0. The van der Waals surface area contributed by atoms with Gasteiger partial charge in [-0.25, -0.2) is 4.98 Å². The van der Waals surface area contributed by atoms with Gasteiger partial charge < -0.3 is 15.8 Å². The van der Waals surface area contributed by atoms with Crippen LogP contribution in [0.1, 0.15) is 53.6 Å². The van der Waals surface area contributed by atoms with Gasteiger partial charge in [0.2, 0.25) is 11.8 Å². The summed E-state index contributed by atoms with van der Waals surface area (Å²) in [5.41, 5.74) is 8.37. The molecule has 5 heteroatoms. The molecule has 5 nitrogen and oxygen atoms in total. The Morgan fingerprint density at radius 3 is 2.67 bits per heavy atom. The number of fused-ring (bicyclic) bond motifs is 1. The number of hydrogen-bond donors (Lipinski definition) is 2. The average molecular weight is 365 g/mol. The molecular weight excluding hydrogens is 338 g/mol. The summed E-state index contributed by atoms with van der Waals surface area (Å²) in [6, 6.07) is 10.1. The molecule has 0 radical (unpaired) electrons. The Kier molecular flexibility index (Phi) is 5.39. The van der Waals surface area contributed by atoms with Crippen LogP contribution in [0.2, 0.25) is 0 Å². The Morgan fingerprint density at radius 2 is 1.93 bits per heavy atom. The Bertz CT molecular complexity index is 798. The smallest absolute Gasteiger partial charge is 0.250 e. The van der Waals surface area contributed by atoms with Crippen LogP contribution < -0.4 is 15.8 Å². The summed E-state index contributed by atoms with van der Waals surface area (Å²) in [6.45, 7) is 1.15. The molecule has 2 aliphatic carbocycles. The fourth-order valence-corrected chi connectivity index (χ4v) is 4.23. The van der Waals surface area contributed by atoms with Crippen molar-refractivity contribution in [2.75, 3.05) is 6.54 Å². The molecule has 0 aliphatic heterocycles. The second-order valence-electron chi connectivity index (χ2n) is 7.80. The minimum absolute atomic E-state index is 0.378. The standard InChI is InChI=1S/C22H27N3O2/c23-22(26)17-7-9-21(25-14-17)27-20-8-6-16-10-19(11-18(16)12-20)24-13-15-4-2-1-3-5-15/h6-9,12,14-15,19,24H,1-5,10-11,13H2,(H2,23,26). The number of ether oxygens (including phenoxy) is 1. The lowest BCUT2D eigenvalue weighted by Crippen LogP contribution is -2.34. The summed E-state index contributed by atoms with van der Waals surface area (Å²) in [6.07, 6.45) is 10.5. The molecule has 4 rings (SSSR count). The third-order valence-electron chi connectivity index (χ3n) is 5.77. The van der Waals surface area contributed by atoms with E-state index in [1.807, 2.05) is 6.07 Å². The van der Waals surface area contributed by atoms with Crippen molar-refractivity contribution in [1.82, 2.24) is 10.3 Å². The number of carbonyl (C=O) groups is 1. The first-order valence-electron chi connectivity index (χ1n) is 9.96. The number of hydrogen-bond acceptors (Lipinski definition) is 4. The van der Waals surface area contributed by atoms with Gasteiger partial charge in [-0.3, -0.25) is 4.79 Å². The molecule has 2 aliphatic rings. The number of pyridine rings is 1. The van der Waals surface area contributed by atoms with Crippen LogP contribution in [-0.4, -0.2) is 23.5 Å². The lowest BCUT2D eigenvalue weighted by atomic mass is 9.89. The zero-order valence-corrected chi connectivity index (χ0v) is 15.6. The van der Waals surface area contributed by atoms with E-state index >= 15 is 0 Å². The molecule has 0 bridgehead atoms. The Labute approximate surface area is 160 Å². The molecule has 2 aromatic rings. The van der Waals surface area contributed by atoms with Crippen LogP contribution >= 0.6 is 0 Å². The fourth-order valence-electron chi connectivity index (χ4n) is 4.23. The minimum atomic E-state index is -0.488. The zero-order valence-electron chi connectivity index (χ0n) is 15.6. The normalized spacial score (nSPS) is 19.6. The Morgan fingerprint density at radius 1 is 1.11 bits per heavy atom. The molecule has 0 saturated heterocycles. The molecule has 1 aromatic carbocycles. The molecular formula is C22H27N3O2. The van der Waals surface area contributed by atoms with E-state index in [0.717, 1.165) is 31.1 Å². The van der Waals surface area contributed by atoms with Crippen molar-refractivity contribution in [3.8, 4) is 11.6 Å². The summed E-state index contributed by atoms with van der Waals surface area (Å²) in [5, 5.41) is 3.79. The first kappa shape index (κ1) is 18.0. The third-order valence-corrected chi connectivity index (χ3v) is 5.77. The second-order valence-corrected chi connectivity index (χ2v) is 7.80. The number of nitrogens with zero attached hydrogens (tertiary/aromatic N) is 1. The Hall–Kier alpha value is -2.40. The van der Waals surface area contributed by atoms with E-state index in [1.54, 1.807) is 12.1 Å². The van der Waals surface area contributed by atoms with Gasteiger partial charge in [-0.1, -0.05) is 25.3 Å². The highest BCUT2D eigenvalue weighted by Gasteiger charge is 2.23. The Balaban J connectivity index is 1.34. The van der Waals surface area contributed by atoms with Gasteiger partial charge in [-0.05, 0) is 67.5 Å². The van der Waals surface area contributed by atoms with Crippen LogP contribution in [0.5, 0.6) is 11.6 Å². The molecule has 1 fully saturated rings. The van der Waals surface area contributed by atoms with E-state index in [0.29, 0.717) is 17.5 Å². The third kappa shape index (κ3) is 4.48. The number of amides is 1. The molecule has 1 heterocycles.